The van der Waals surface area contributed by atoms with Crippen molar-refractivity contribution < 1.29 is 14.7 Å². The summed E-state index contributed by atoms with van der Waals surface area (Å²) >= 11 is 0. The van der Waals surface area contributed by atoms with Gasteiger partial charge in [0.15, 0.2) is 0 Å². The van der Waals surface area contributed by atoms with Crippen molar-refractivity contribution in [3.63, 3.8) is 0 Å². The van der Waals surface area contributed by atoms with Gasteiger partial charge in [-0.1, -0.05) is 12.1 Å². The van der Waals surface area contributed by atoms with Gasteiger partial charge in [-0.15, -0.1) is 0 Å². The molecule has 0 saturated carbocycles. The van der Waals surface area contributed by atoms with Gasteiger partial charge < -0.3 is 14.9 Å². The Morgan fingerprint density at radius 3 is 2.24 bits per heavy atom. The van der Waals surface area contributed by atoms with Gasteiger partial charge in [-0.3, -0.25) is 4.79 Å². The van der Waals surface area contributed by atoms with Crippen LogP contribution in [0.25, 0.3) is 0 Å². The third-order valence-electron chi connectivity index (χ3n) is 4.02. The Hall–Kier alpha value is -2.04. The number of amides is 2. The minimum Gasteiger partial charge on any atom is -0.465 e. The van der Waals surface area contributed by atoms with Crippen LogP contribution in [0.1, 0.15) is 28.8 Å². The fraction of sp³-hybridized carbons (Fsp3) is 0.500. The molecule has 1 heterocycles. The summed E-state index contributed by atoms with van der Waals surface area (Å²) in [5.41, 5.74) is 1.91. The molecular formula is C16H22N2O3. The molecule has 1 aromatic rings. The second-order valence-electron chi connectivity index (χ2n) is 5.81. The lowest BCUT2D eigenvalue weighted by atomic mass is 9.90. The molecule has 2 rings (SSSR count). The van der Waals surface area contributed by atoms with Crippen LogP contribution in [0.4, 0.5) is 4.79 Å². The molecule has 0 unspecified atom stereocenters. The molecule has 0 bridgehead atoms. The van der Waals surface area contributed by atoms with Crippen LogP contribution in [0.5, 0.6) is 0 Å². The van der Waals surface area contributed by atoms with E-state index >= 15 is 0 Å². The molecule has 1 saturated heterocycles. The average Bonchev–Trinajstić information content (AvgIpc) is 2.47. The first-order valence-corrected chi connectivity index (χ1v) is 7.26. The van der Waals surface area contributed by atoms with Crippen molar-refractivity contribution >= 4 is 12.0 Å². The highest BCUT2D eigenvalue weighted by Crippen LogP contribution is 2.22. The highest BCUT2D eigenvalue weighted by molar-refractivity contribution is 5.93. The molecule has 2 amide bonds. The zero-order valence-corrected chi connectivity index (χ0v) is 12.6. The zero-order valence-electron chi connectivity index (χ0n) is 12.6. The lowest BCUT2D eigenvalue weighted by Crippen LogP contribution is -2.37. The third kappa shape index (κ3) is 3.97. The molecule has 0 spiro atoms. The Morgan fingerprint density at radius 2 is 1.76 bits per heavy atom. The lowest BCUT2D eigenvalue weighted by Gasteiger charge is -2.30. The van der Waals surface area contributed by atoms with E-state index in [1.54, 1.807) is 19.0 Å². The lowest BCUT2D eigenvalue weighted by molar-refractivity contribution is 0.0827. The van der Waals surface area contributed by atoms with Crippen molar-refractivity contribution in [3.8, 4) is 0 Å². The van der Waals surface area contributed by atoms with E-state index in [2.05, 4.69) is 0 Å². The number of carbonyl (C=O) groups excluding carboxylic acids is 1. The van der Waals surface area contributed by atoms with E-state index in [0.29, 0.717) is 24.6 Å². The summed E-state index contributed by atoms with van der Waals surface area (Å²) in [5, 5.41) is 8.93. The highest BCUT2D eigenvalue weighted by atomic mass is 16.4. The maximum Gasteiger partial charge on any atom is 0.407 e. The van der Waals surface area contributed by atoms with Gasteiger partial charge in [0.2, 0.25) is 0 Å². The van der Waals surface area contributed by atoms with Crippen molar-refractivity contribution in [2.24, 2.45) is 5.92 Å². The van der Waals surface area contributed by atoms with Crippen molar-refractivity contribution in [3.05, 3.63) is 35.4 Å². The number of hydrogen-bond acceptors (Lipinski definition) is 2. The molecule has 0 aromatic heterocycles. The molecule has 0 atom stereocenters. The molecule has 1 aliphatic rings. The van der Waals surface area contributed by atoms with Gasteiger partial charge in [-0.2, -0.15) is 0 Å². The molecule has 1 N–H and O–H groups in total. The van der Waals surface area contributed by atoms with Crippen molar-refractivity contribution in [2.45, 2.75) is 19.3 Å². The third-order valence-corrected chi connectivity index (χ3v) is 4.02. The van der Waals surface area contributed by atoms with E-state index in [1.807, 2.05) is 24.3 Å². The van der Waals surface area contributed by atoms with E-state index in [4.69, 9.17) is 5.11 Å². The van der Waals surface area contributed by atoms with Gasteiger partial charge in [-0.05, 0) is 42.9 Å². The van der Waals surface area contributed by atoms with E-state index < -0.39 is 6.09 Å². The molecule has 5 heteroatoms. The summed E-state index contributed by atoms with van der Waals surface area (Å²) in [6, 6.07) is 7.73. The standard InChI is InChI=1S/C16H22N2O3/c1-17(2)15(19)14-5-3-12(4-6-14)11-13-7-9-18(10-8-13)16(20)21/h3-6,13H,7-11H2,1-2H3,(H,20,21). The molecule has 1 aliphatic heterocycles. The van der Waals surface area contributed by atoms with Gasteiger partial charge in [0.1, 0.15) is 0 Å². The fourth-order valence-electron chi connectivity index (χ4n) is 2.70. The van der Waals surface area contributed by atoms with Crippen LogP contribution < -0.4 is 0 Å². The van der Waals surface area contributed by atoms with Crippen molar-refractivity contribution in [2.75, 3.05) is 27.2 Å². The molecular weight excluding hydrogens is 268 g/mol. The summed E-state index contributed by atoms with van der Waals surface area (Å²) in [5.74, 6) is 0.535. The Kier molecular flexibility index (Phi) is 4.83. The minimum absolute atomic E-state index is 0.0105. The molecule has 1 fully saturated rings. The van der Waals surface area contributed by atoms with Gasteiger partial charge >= 0.3 is 6.09 Å². The molecule has 21 heavy (non-hydrogen) atoms. The number of carboxylic acid groups (broad SMARTS) is 1. The number of benzene rings is 1. The van der Waals surface area contributed by atoms with Crippen LogP contribution in [0.3, 0.4) is 0 Å². The Bertz CT molecular complexity index is 503. The number of likely N-dealkylation sites (tertiary alicyclic amines) is 1. The predicted octanol–water partition coefficient (Wildman–Crippen LogP) is 2.32. The quantitative estimate of drug-likeness (QED) is 0.929. The topological polar surface area (TPSA) is 60.9 Å². The Morgan fingerprint density at radius 1 is 1.19 bits per heavy atom. The minimum atomic E-state index is -0.819. The maximum atomic E-state index is 11.8. The molecule has 0 radical (unpaired) electrons. The number of rotatable bonds is 3. The number of carbonyl (C=O) groups is 2. The van der Waals surface area contributed by atoms with Crippen molar-refractivity contribution in [1.82, 2.24) is 9.80 Å². The van der Waals surface area contributed by atoms with E-state index in [1.165, 1.54) is 10.5 Å². The molecule has 5 nitrogen and oxygen atoms in total. The smallest absolute Gasteiger partial charge is 0.407 e. The molecule has 1 aromatic carbocycles. The van der Waals surface area contributed by atoms with Gasteiger partial charge in [0.25, 0.3) is 5.91 Å². The highest BCUT2D eigenvalue weighted by Gasteiger charge is 2.22. The summed E-state index contributed by atoms with van der Waals surface area (Å²) < 4.78 is 0. The van der Waals surface area contributed by atoms with Crippen LogP contribution in [0, 0.1) is 5.92 Å². The Balaban J connectivity index is 1.90. The monoisotopic (exact) mass is 290 g/mol. The SMILES string of the molecule is CN(C)C(=O)c1ccc(CC2CCN(C(=O)O)CC2)cc1. The summed E-state index contributed by atoms with van der Waals surface area (Å²) in [6.07, 6.45) is 1.94. The van der Waals surface area contributed by atoms with Crippen molar-refractivity contribution in [1.29, 1.82) is 0 Å². The molecule has 114 valence electrons. The summed E-state index contributed by atoms with van der Waals surface area (Å²) in [4.78, 5) is 25.7. The largest absolute Gasteiger partial charge is 0.465 e. The number of hydrogen-bond donors (Lipinski definition) is 1. The number of piperidine rings is 1. The summed E-state index contributed by atoms with van der Waals surface area (Å²) in [6.45, 7) is 1.24. The number of nitrogens with zero attached hydrogens (tertiary/aromatic N) is 2. The zero-order chi connectivity index (χ0) is 15.4. The Labute approximate surface area is 125 Å². The van der Waals surface area contributed by atoms with Crippen LogP contribution in [0.15, 0.2) is 24.3 Å². The van der Waals surface area contributed by atoms with Gasteiger partial charge in [0.05, 0.1) is 0 Å². The van der Waals surface area contributed by atoms with Crippen LogP contribution in [-0.4, -0.2) is 54.1 Å². The van der Waals surface area contributed by atoms with E-state index in [9.17, 15) is 9.59 Å². The first kappa shape index (κ1) is 15.4. The van der Waals surface area contributed by atoms with Gasteiger partial charge in [-0.25, -0.2) is 4.79 Å². The molecule has 0 aliphatic carbocycles. The average molecular weight is 290 g/mol. The summed E-state index contributed by atoms with van der Waals surface area (Å²) in [7, 11) is 3.49. The predicted molar refractivity (Wildman–Crippen MR) is 80.5 cm³/mol. The first-order chi connectivity index (χ1) is 9.97. The second kappa shape index (κ2) is 6.61. The van der Waals surface area contributed by atoms with Crippen LogP contribution in [-0.2, 0) is 6.42 Å². The van der Waals surface area contributed by atoms with Crippen LogP contribution >= 0.6 is 0 Å². The normalized spacial score (nSPS) is 15.8. The van der Waals surface area contributed by atoms with E-state index in [0.717, 1.165) is 19.3 Å². The van der Waals surface area contributed by atoms with Crippen LogP contribution in [0.2, 0.25) is 0 Å². The second-order valence-corrected chi connectivity index (χ2v) is 5.81. The fourth-order valence-corrected chi connectivity index (χ4v) is 2.70. The van der Waals surface area contributed by atoms with Gasteiger partial charge in [0, 0.05) is 32.7 Å². The first-order valence-electron chi connectivity index (χ1n) is 7.26. The van der Waals surface area contributed by atoms with E-state index in [-0.39, 0.29) is 5.91 Å². The maximum absolute atomic E-state index is 11.8.